The maximum atomic E-state index is 13.4. The molecule has 12 N–H and O–H groups in total. The number of amides is 6. The van der Waals surface area contributed by atoms with Crippen LogP contribution in [0.5, 0.6) is 0 Å². The van der Waals surface area contributed by atoms with E-state index in [-0.39, 0.29) is 58.2 Å². The highest BCUT2D eigenvalue weighted by Crippen LogP contribution is 2.07. The summed E-state index contributed by atoms with van der Waals surface area (Å²) in [5.41, 5.74) is 0. The van der Waals surface area contributed by atoms with Gasteiger partial charge in [0.15, 0.2) is 0 Å². The zero-order valence-corrected chi connectivity index (χ0v) is 24.8. The van der Waals surface area contributed by atoms with Gasteiger partial charge in [0.05, 0.1) is 19.6 Å². The molecule has 0 saturated carbocycles. The minimum absolute atomic E-state index is 0.0709. The van der Waals surface area contributed by atoms with Crippen molar-refractivity contribution in [2.45, 2.75) is 56.7 Å². The molecule has 45 heavy (non-hydrogen) atoms. The summed E-state index contributed by atoms with van der Waals surface area (Å²) in [6.07, 6.45) is 0.00948. The van der Waals surface area contributed by atoms with Crippen molar-refractivity contribution in [3.63, 3.8) is 0 Å². The standard InChI is InChI=1S/C24H45N9O12/c34-13-31(43)7-1-4-16-22(40)27-11-20(38)25-10-19(37)26-12-21(39)28-17(5-2-8-32(44)14-35)23(41)30-18(24(42)29-16)6-3-9-33(45)15-36/h16-18,34-36,43-45H,1-15H2,(H,25,38)(H,26,37)(H,27,40)(H,28,39)(H,29,42)(H,30,41). The lowest BCUT2D eigenvalue weighted by molar-refractivity contribution is -0.144. The lowest BCUT2D eigenvalue weighted by Gasteiger charge is -2.26. The monoisotopic (exact) mass is 651 g/mol. The molecule has 0 aromatic rings. The molecule has 1 heterocycles. The summed E-state index contributed by atoms with van der Waals surface area (Å²) in [5, 5.41) is 71.6. The average Bonchev–Trinajstić information content (AvgIpc) is 3.02. The van der Waals surface area contributed by atoms with Gasteiger partial charge in [-0.2, -0.15) is 15.2 Å². The van der Waals surface area contributed by atoms with E-state index in [1.165, 1.54) is 0 Å². The molecule has 0 aromatic heterocycles. The van der Waals surface area contributed by atoms with Gasteiger partial charge in [0, 0.05) is 19.6 Å². The van der Waals surface area contributed by atoms with E-state index >= 15 is 0 Å². The number of carbonyl (C=O) groups excluding carboxylic acids is 6. The summed E-state index contributed by atoms with van der Waals surface area (Å²) in [6.45, 7) is -4.01. The summed E-state index contributed by atoms with van der Waals surface area (Å²) < 4.78 is 0. The normalized spacial score (nSPS) is 21.4. The fraction of sp³-hybridized carbons (Fsp3) is 0.750. The Morgan fingerprint density at radius 3 is 1.22 bits per heavy atom. The molecule has 1 fully saturated rings. The van der Waals surface area contributed by atoms with E-state index in [2.05, 4.69) is 31.9 Å². The molecule has 1 aliphatic rings. The zero-order valence-electron chi connectivity index (χ0n) is 24.8. The molecule has 1 rings (SSSR count). The lowest BCUT2D eigenvalue weighted by Crippen LogP contribution is -2.58. The summed E-state index contributed by atoms with van der Waals surface area (Å²) in [4.78, 5) is 76.5. The third-order valence-corrected chi connectivity index (χ3v) is 6.45. The Balaban J connectivity index is 3.29. The van der Waals surface area contributed by atoms with E-state index in [1.807, 2.05) is 0 Å². The molecule has 0 aliphatic carbocycles. The number of aliphatic hydroxyl groups excluding tert-OH is 3. The fourth-order valence-electron chi connectivity index (χ4n) is 4.02. The van der Waals surface area contributed by atoms with Crippen LogP contribution in [0.1, 0.15) is 38.5 Å². The van der Waals surface area contributed by atoms with Gasteiger partial charge in [0.2, 0.25) is 35.4 Å². The molecule has 0 spiro atoms. The number of nitrogens with one attached hydrogen (secondary N) is 6. The molecule has 21 heteroatoms. The van der Waals surface area contributed by atoms with Crippen molar-refractivity contribution in [3.05, 3.63) is 0 Å². The fourth-order valence-corrected chi connectivity index (χ4v) is 4.02. The van der Waals surface area contributed by atoms with Crippen molar-refractivity contribution in [1.82, 2.24) is 47.1 Å². The number of aliphatic hydroxyl groups is 3. The first kappa shape index (κ1) is 39.5. The van der Waals surface area contributed by atoms with Crippen LogP contribution in [0, 0.1) is 0 Å². The van der Waals surface area contributed by atoms with Crippen LogP contribution in [-0.2, 0) is 28.8 Å². The third kappa shape index (κ3) is 16.9. The summed E-state index contributed by atoms with van der Waals surface area (Å²) in [6, 6.07) is -3.90. The smallest absolute Gasteiger partial charge is 0.243 e. The second-order valence-electron chi connectivity index (χ2n) is 10.1. The van der Waals surface area contributed by atoms with Gasteiger partial charge in [0.1, 0.15) is 38.3 Å². The second-order valence-corrected chi connectivity index (χ2v) is 10.1. The van der Waals surface area contributed by atoms with E-state index in [9.17, 15) is 44.4 Å². The molecule has 6 amide bonds. The first-order chi connectivity index (χ1) is 21.4. The van der Waals surface area contributed by atoms with Crippen LogP contribution in [0.4, 0.5) is 0 Å². The highest BCUT2D eigenvalue weighted by molar-refractivity contribution is 5.96. The zero-order chi connectivity index (χ0) is 33.8. The largest absolute Gasteiger partial charge is 0.379 e. The first-order valence-corrected chi connectivity index (χ1v) is 14.2. The van der Waals surface area contributed by atoms with Crippen LogP contribution < -0.4 is 31.9 Å². The van der Waals surface area contributed by atoms with Crippen molar-refractivity contribution < 1.29 is 59.7 Å². The van der Waals surface area contributed by atoms with Gasteiger partial charge in [0.25, 0.3) is 0 Å². The highest BCUT2D eigenvalue weighted by Gasteiger charge is 2.30. The van der Waals surface area contributed by atoms with Gasteiger partial charge in [-0.3, -0.25) is 28.8 Å². The van der Waals surface area contributed by atoms with E-state index in [0.717, 1.165) is 0 Å². The number of hydrogen-bond acceptors (Lipinski definition) is 15. The Labute approximate surface area is 258 Å². The van der Waals surface area contributed by atoms with Crippen LogP contribution >= 0.6 is 0 Å². The minimum atomic E-state index is -1.33. The number of hydrogen-bond donors (Lipinski definition) is 12. The molecule has 3 unspecified atom stereocenters. The van der Waals surface area contributed by atoms with E-state index in [0.29, 0.717) is 15.2 Å². The molecule has 0 bridgehead atoms. The predicted octanol–water partition coefficient (Wildman–Crippen LogP) is -5.93. The first-order valence-electron chi connectivity index (χ1n) is 14.2. The molecule has 258 valence electrons. The predicted molar refractivity (Wildman–Crippen MR) is 149 cm³/mol. The summed E-state index contributed by atoms with van der Waals surface area (Å²) in [7, 11) is 0. The quantitative estimate of drug-likeness (QED) is 0.0579. The van der Waals surface area contributed by atoms with Crippen molar-refractivity contribution >= 4 is 35.4 Å². The SMILES string of the molecule is O=C1CNC(=O)CNC(=O)C(CCCN(O)CO)NC(=O)C(CCCN(O)CO)NC(=O)C(CCCN(O)CO)NC(=O)CN1. The number of hydroxylamine groups is 6. The molecular weight excluding hydrogens is 606 g/mol. The van der Waals surface area contributed by atoms with Crippen LogP contribution in [0.25, 0.3) is 0 Å². The molecule has 1 aliphatic heterocycles. The minimum Gasteiger partial charge on any atom is -0.379 e. The maximum absolute atomic E-state index is 13.4. The van der Waals surface area contributed by atoms with E-state index in [4.69, 9.17) is 15.3 Å². The number of rotatable bonds is 15. The Morgan fingerprint density at radius 1 is 0.489 bits per heavy atom. The molecule has 0 radical (unpaired) electrons. The van der Waals surface area contributed by atoms with Crippen molar-refractivity contribution in [1.29, 1.82) is 0 Å². The van der Waals surface area contributed by atoms with E-state index in [1.54, 1.807) is 0 Å². The van der Waals surface area contributed by atoms with Gasteiger partial charge in [-0.25, -0.2) is 0 Å². The van der Waals surface area contributed by atoms with Gasteiger partial charge < -0.3 is 62.8 Å². The topological polar surface area (TPSA) is 306 Å². The Kier molecular flexibility index (Phi) is 19.3. The van der Waals surface area contributed by atoms with E-state index < -0.39 is 93.4 Å². The highest BCUT2D eigenvalue weighted by atomic mass is 16.5. The van der Waals surface area contributed by atoms with Gasteiger partial charge in [-0.15, -0.1) is 0 Å². The van der Waals surface area contributed by atoms with Gasteiger partial charge in [-0.05, 0) is 38.5 Å². The molecule has 3 atom stereocenters. The molecule has 1 saturated heterocycles. The lowest BCUT2D eigenvalue weighted by atomic mass is 10.1. The number of nitrogens with zero attached hydrogens (tertiary/aromatic N) is 3. The Morgan fingerprint density at radius 2 is 0.822 bits per heavy atom. The maximum Gasteiger partial charge on any atom is 0.243 e. The van der Waals surface area contributed by atoms with Crippen LogP contribution in [-0.4, -0.2) is 159 Å². The average molecular weight is 652 g/mol. The van der Waals surface area contributed by atoms with Crippen LogP contribution in [0.15, 0.2) is 0 Å². The molecule has 0 aromatic carbocycles. The third-order valence-electron chi connectivity index (χ3n) is 6.45. The van der Waals surface area contributed by atoms with Gasteiger partial charge in [-0.1, -0.05) is 0 Å². The van der Waals surface area contributed by atoms with Crippen molar-refractivity contribution in [2.75, 3.05) is 59.5 Å². The molecular formula is C24H45N9O12. The molecule has 21 nitrogen and oxygen atoms in total. The van der Waals surface area contributed by atoms with Crippen LogP contribution in [0.3, 0.4) is 0 Å². The Bertz CT molecular complexity index is 962. The Hall–Kier alpha value is -3.54. The van der Waals surface area contributed by atoms with Crippen molar-refractivity contribution in [2.24, 2.45) is 0 Å². The second kappa shape index (κ2) is 22.0. The van der Waals surface area contributed by atoms with Crippen LogP contribution in [0.2, 0.25) is 0 Å². The van der Waals surface area contributed by atoms with Gasteiger partial charge >= 0.3 is 0 Å². The van der Waals surface area contributed by atoms with Crippen molar-refractivity contribution in [3.8, 4) is 0 Å². The summed E-state index contributed by atoms with van der Waals surface area (Å²) >= 11 is 0. The number of carbonyl (C=O) groups is 6. The summed E-state index contributed by atoms with van der Waals surface area (Å²) in [5.74, 6) is -4.75.